The molecule has 0 bridgehead atoms. The topological polar surface area (TPSA) is 59.4 Å². The van der Waals surface area contributed by atoms with Crippen LogP contribution < -0.4 is 10.2 Å². The molecule has 1 amide bonds. The van der Waals surface area contributed by atoms with Crippen LogP contribution in [0.2, 0.25) is 10.0 Å². The van der Waals surface area contributed by atoms with Gasteiger partial charge in [-0.1, -0.05) is 23.2 Å². The molecule has 1 saturated carbocycles. The fraction of sp³-hybridized carbons (Fsp3) is 0.636. The van der Waals surface area contributed by atoms with E-state index in [1.54, 1.807) is 0 Å². The van der Waals surface area contributed by atoms with Crippen molar-refractivity contribution < 1.29 is 18.0 Å². The van der Waals surface area contributed by atoms with Crippen molar-refractivity contribution in [2.45, 2.75) is 50.7 Å². The summed E-state index contributed by atoms with van der Waals surface area (Å²) in [5, 5.41) is 11.3. The third-order valence-corrected chi connectivity index (χ3v) is 6.98. The summed E-state index contributed by atoms with van der Waals surface area (Å²) in [6, 6.07) is 4.26. The van der Waals surface area contributed by atoms with E-state index in [0.717, 1.165) is 57.8 Å². The Morgan fingerprint density at radius 2 is 1.75 bits per heavy atom. The molecule has 2 fully saturated rings. The molecule has 10 heteroatoms. The Bertz CT molecular complexity index is 843. The van der Waals surface area contributed by atoms with Crippen molar-refractivity contribution in [3.8, 4) is 6.07 Å². The molecule has 3 rings (SSSR count). The molecule has 32 heavy (non-hydrogen) atoms. The van der Waals surface area contributed by atoms with E-state index in [1.165, 1.54) is 6.07 Å². The Balaban J connectivity index is 1.44. The van der Waals surface area contributed by atoms with Crippen LogP contribution in [0.25, 0.3) is 0 Å². The Hall–Kier alpha value is -1.69. The lowest BCUT2D eigenvalue weighted by molar-refractivity contribution is -0.137. The van der Waals surface area contributed by atoms with E-state index in [0.29, 0.717) is 24.7 Å². The summed E-state index contributed by atoms with van der Waals surface area (Å²) >= 11 is 11.9. The van der Waals surface area contributed by atoms with Gasteiger partial charge in [0.1, 0.15) is 6.42 Å². The normalized spacial score (nSPS) is 22.4. The first-order valence-electron chi connectivity index (χ1n) is 10.9. The predicted octanol–water partition coefficient (Wildman–Crippen LogP) is 5.11. The van der Waals surface area contributed by atoms with Gasteiger partial charge in [-0.15, -0.1) is 0 Å². The quantitative estimate of drug-likeness (QED) is 0.601. The Kier molecular flexibility index (Phi) is 8.54. The summed E-state index contributed by atoms with van der Waals surface area (Å²) in [4.78, 5) is 15.8. The highest BCUT2D eigenvalue weighted by Gasteiger charge is 2.35. The number of benzene rings is 1. The van der Waals surface area contributed by atoms with Crippen molar-refractivity contribution in [3.63, 3.8) is 0 Å². The molecular formula is C22H27Cl2F3N4O. The number of halogens is 5. The van der Waals surface area contributed by atoms with Gasteiger partial charge in [0.2, 0.25) is 5.91 Å². The number of carbonyl (C=O) groups is 1. The number of alkyl halides is 3. The van der Waals surface area contributed by atoms with Crippen molar-refractivity contribution in [1.29, 1.82) is 5.26 Å². The number of amides is 1. The number of carbonyl (C=O) groups excluding carboxylic acids is 1. The summed E-state index contributed by atoms with van der Waals surface area (Å²) in [6.07, 6.45) is 0.438. The minimum Gasteiger partial charge on any atom is -0.368 e. The molecule has 0 aromatic heterocycles. The van der Waals surface area contributed by atoms with Gasteiger partial charge < -0.3 is 10.2 Å². The van der Waals surface area contributed by atoms with Crippen LogP contribution in [0.15, 0.2) is 12.1 Å². The maximum Gasteiger partial charge on any atom is 0.417 e. The molecule has 2 aliphatic rings. The third-order valence-electron chi connectivity index (χ3n) is 6.36. The molecule has 1 N–H and O–H groups in total. The van der Waals surface area contributed by atoms with Gasteiger partial charge in [0, 0.05) is 32.2 Å². The highest BCUT2D eigenvalue weighted by molar-refractivity contribution is 6.36. The molecule has 1 heterocycles. The molecule has 1 aromatic carbocycles. The van der Waals surface area contributed by atoms with Gasteiger partial charge in [0.15, 0.2) is 0 Å². The summed E-state index contributed by atoms with van der Waals surface area (Å²) < 4.78 is 39.6. The molecule has 1 aliphatic carbocycles. The second kappa shape index (κ2) is 11.0. The zero-order valence-electron chi connectivity index (χ0n) is 17.7. The summed E-state index contributed by atoms with van der Waals surface area (Å²) in [5.41, 5.74) is -0.486. The lowest BCUT2D eigenvalue weighted by Crippen LogP contribution is -2.47. The lowest BCUT2D eigenvalue weighted by Gasteiger charge is -2.38. The van der Waals surface area contributed by atoms with Crippen molar-refractivity contribution in [2.24, 2.45) is 5.92 Å². The Labute approximate surface area is 196 Å². The average molecular weight is 491 g/mol. The highest BCUT2D eigenvalue weighted by atomic mass is 35.5. The molecule has 0 atom stereocenters. The second-order valence-electron chi connectivity index (χ2n) is 8.52. The minimum atomic E-state index is -4.52. The van der Waals surface area contributed by atoms with Crippen molar-refractivity contribution in [3.05, 3.63) is 27.7 Å². The molecule has 5 nitrogen and oxygen atoms in total. The zero-order chi connectivity index (χ0) is 23.3. The van der Waals surface area contributed by atoms with E-state index in [9.17, 15) is 18.0 Å². The first-order chi connectivity index (χ1) is 15.2. The van der Waals surface area contributed by atoms with Gasteiger partial charge >= 0.3 is 6.18 Å². The number of nitriles is 1. The van der Waals surface area contributed by atoms with Crippen LogP contribution in [-0.2, 0) is 11.0 Å². The molecule has 1 aliphatic heterocycles. The first kappa shape index (κ1) is 24.9. The summed E-state index contributed by atoms with van der Waals surface area (Å²) in [6.45, 7) is 3.69. The first-order valence-corrected chi connectivity index (χ1v) is 11.6. The second-order valence-corrected chi connectivity index (χ2v) is 9.33. The number of nitrogens with zero attached hydrogens (tertiary/aromatic N) is 3. The SMILES string of the molecule is N#CCC(=O)N[C@H]1CC[C@H](CCN2CCN(c3cc(C(F)(F)F)c(Cl)cc3Cl)CC2)CC1. The molecule has 176 valence electrons. The fourth-order valence-electron chi connectivity index (χ4n) is 4.52. The van der Waals surface area contributed by atoms with Gasteiger partial charge in [-0.25, -0.2) is 0 Å². The third kappa shape index (κ3) is 6.66. The van der Waals surface area contributed by atoms with Crippen molar-refractivity contribution in [2.75, 3.05) is 37.6 Å². The van der Waals surface area contributed by atoms with Crippen LogP contribution in [0.3, 0.4) is 0 Å². The van der Waals surface area contributed by atoms with E-state index in [-0.39, 0.29) is 28.4 Å². The van der Waals surface area contributed by atoms with Crippen LogP contribution in [0.4, 0.5) is 18.9 Å². The van der Waals surface area contributed by atoms with Gasteiger partial charge in [0.05, 0.1) is 27.4 Å². The van der Waals surface area contributed by atoms with Gasteiger partial charge in [-0.2, -0.15) is 18.4 Å². The number of rotatable bonds is 6. The number of nitrogens with one attached hydrogen (secondary N) is 1. The van der Waals surface area contributed by atoms with Crippen LogP contribution in [0.5, 0.6) is 0 Å². The van der Waals surface area contributed by atoms with Gasteiger partial charge in [-0.3, -0.25) is 9.69 Å². The van der Waals surface area contributed by atoms with Crippen LogP contribution >= 0.6 is 23.2 Å². The number of hydrogen-bond donors (Lipinski definition) is 1. The molecule has 0 unspecified atom stereocenters. The van der Waals surface area contributed by atoms with Gasteiger partial charge in [0.25, 0.3) is 0 Å². The van der Waals surface area contributed by atoms with E-state index < -0.39 is 11.7 Å². The van der Waals surface area contributed by atoms with Crippen molar-refractivity contribution >= 4 is 34.8 Å². The van der Waals surface area contributed by atoms with Crippen LogP contribution in [0, 0.1) is 17.2 Å². The fourth-order valence-corrected chi connectivity index (χ4v) is 5.13. The van der Waals surface area contributed by atoms with Gasteiger partial charge in [-0.05, 0) is 56.7 Å². The maximum absolute atomic E-state index is 13.2. The van der Waals surface area contributed by atoms with Crippen LogP contribution in [0.1, 0.15) is 44.1 Å². The summed E-state index contributed by atoms with van der Waals surface area (Å²) in [5.74, 6) is 0.411. The smallest absolute Gasteiger partial charge is 0.368 e. The van der Waals surface area contributed by atoms with E-state index >= 15 is 0 Å². The minimum absolute atomic E-state index is 0.0926. The highest BCUT2D eigenvalue weighted by Crippen LogP contribution is 2.40. The molecule has 0 spiro atoms. The standard InChI is InChI=1S/C22H27Cl2F3N4O/c23-18-14-19(24)20(13-17(18)22(25,26)27)31-11-9-30(10-12-31)8-6-15-1-3-16(4-2-15)29-21(32)5-7-28/h13-16H,1-6,8-12H2,(H,29,32)/t15-,16-. The molecule has 1 aromatic rings. The number of piperazine rings is 1. The maximum atomic E-state index is 13.2. The Morgan fingerprint density at radius 1 is 1.09 bits per heavy atom. The molecule has 0 radical (unpaired) electrons. The lowest BCUT2D eigenvalue weighted by atomic mass is 9.84. The predicted molar refractivity (Wildman–Crippen MR) is 119 cm³/mol. The monoisotopic (exact) mass is 490 g/mol. The van der Waals surface area contributed by atoms with E-state index in [4.69, 9.17) is 28.5 Å². The van der Waals surface area contributed by atoms with E-state index in [1.807, 2.05) is 11.0 Å². The average Bonchev–Trinajstić information content (AvgIpc) is 2.73. The zero-order valence-corrected chi connectivity index (χ0v) is 19.2. The molecular weight excluding hydrogens is 464 g/mol. The summed E-state index contributed by atoms with van der Waals surface area (Å²) in [7, 11) is 0. The molecule has 1 saturated heterocycles. The number of hydrogen-bond acceptors (Lipinski definition) is 4. The Morgan fingerprint density at radius 3 is 2.34 bits per heavy atom. The van der Waals surface area contributed by atoms with Crippen LogP contribution in [-0.4, -0.2) is 49.6 Å². The largest absolute Gasteiger partial charge is 0.417 e. The van der Waals surface area contributed by atoms with E-state index in [2.05, 4.69) is 10.2 Å². The number of anilines is 1. The van der Waals surface area contributed by atoms with Crippen molar-refractivity contribution in [1.82, 2.24) is 10.2 Å².